The molecule has 1 aliphatic heterocycles. The fourth-order valence-corrected chi connectivity index (χ4v) is 1.87. The molecule has 0 unspecified atom stereocenters. The van der Waals surface area contributed by atoms with Crippen molar-refractivity contribution in [2.75, 3.05) is 20.8 Å². The lowest BCUT2D eigenvalue weighted by Gasteiger charge is -2.13. The highest BCUT2D eigenvalue weighted by molar-refractivity contribution is 5.71. The Morgan fingerprint density at radius 3 is 2.47 bits per heavy atom. The number of nitrogens with zero attached hydrogens (tertiary/aromatic N) is 1. The molecule has 1 aliphatic rings. The van der Waals surface area contributed by atoms with Crippen molar-refractivity contribution < 1.29 is 23.9 Å². The quantitative estimate of drug-likeness (QED) is 0.654. The second-order valence-corrected chi connectivity index (χ2v) is 3.82. The van der Waals surface area contributed by atoms with Crippen molar-refractivity contribution in [1.29, 1.82) is 0 Å². The second-order valence-electron chi connectivity index (χ2n) is 3.82. The fourth-order valence-electron chi connectivity index (χ4n) is 1.87. The molecule has 0 saturated carbocycles. The van der Waals surface area contributed by atoms with Gasteiger partial charge in [0.25, 0.3) is 5.69 Å². The maximum Gasteiger partial charge on any atom is 0.407 e. The van der Waals surface area contributed by atoms with Crippen LogP contribution in [-0.2, 0) is 4.74 Å². The van der Waals surface area contributed by atoms with Gasteiger partial charge in [0, 0.05) is 0 Å². The van der Waals surface area contributed by atoms with Crippen molar-refractivity contribution in [2.45, 2.75) is 6.04 Å². The summed E-state index contributed by atoms with van der Waals surface area (Å²) < 4.78 is 14.9. The first-order valence-electron chi connectivity index (χ1n) is 5.40. The van der Waals surface area contributed by atoms with Crippen molar-refractivity contribution in [2.24, 2.45) is 0 Å². The van der Waals surface area contributed by atoms with Gasteiger partial charge in [0.15, 0.2) is 11.5 Å². The smallest absolute Gasteiger partial charge is 0.407 e. The minimum atomic E-state index is -0.603. The summed E-state index contributed by atoms with van der Waals surface area (Å²) in [6.07, 6.45) is -0.603. The Kier molecular flexibility index (Phi) is 3.41. The highest BCUT2D eigenvalue weighted by Gasteiger charge is 2.31. The molecule has 8 nitrogen and oxygen atoms in total. The molecule has 8 heteroatoms. The Morgan fingerprint density at radius 2 is 2.00 bits per heavy atom. The van der Waals surface area contributed by atoms with Crippen LogP contribution in [-0.4, -0.2) is 31.8 Å². The van der Waals surface area contributed by atoms with Crippen LogP contribution in [0.5, 0.6) is 11.5 Å². The number of carbonyl (C=O) groups is 1. The zero-order chi connectivity index (χ0) is 14.0. The summed E-state index contributed by atoms with van der Waals surface area (Å²) in [5, 5.41) is 13.6. The maximum atomic E-state index is 11.1. The van der Waals surface area contributed by atoms with Crippen LogP contribution in [0.15, 0.2) is 12.1 Å². The molecule has 0 radical (unpaired) electrons. The van der Waals surface area contributed by atoms with E-state index in [9.17, 15) is 14.9 Å². The lowest BCUT2D eigenvalue weighted by molar-refractivity contribution is -0.385. The summed E-state index contributed by atoms with van der Waals surface area (Å²) in [6.45, 7) is 0.0369. The molecule has 19 heavy (non-hydrogen) atoms. The molecule has 102 valence electrons. The number of nitrogens with one attached hydrogen (secondary N) is 1. The zero-order valence-electron chi connectivity index (χ0n) is 10.3. The number of amides is 1. The molecule has 1 aromatic rings. The van der Waals surface area contributed by atoms with Gasteiger partial charge < -0.3 is 19.5 Å². The largest absolute Gasteiger partial charge is 0.493 e. The summed E-state index contributed by atoms with van der Waals surface area (Å²) in [5.74, 6) is 0.604. The van der Waals surface area contributed by atoms with Gasteiger partial charge in [-0.3, -0.25) is 10.1 Å². The Bertz CT molecular complexity index is 530. The zero-order valence-corrected chi connectivity index (χ0v) is 10.3. The molecule has 0 aromatic heterocycles. The normalized spacial score (nSPS) is 17.6. The van der Waals surface area contributed by atoms with E-state index in [4.69, 9.17) is 14.2 Å². The standard InChI is InChI=1S/C11H12N2O6/c1-17-9-3-6(7-5-19-11(14)12-7)8(13(15)16)4-10(9)18-2/h3-4,7H,5H2,1-2H3,(H,12,14)/t7-/m1/s1. The number of cyclic esters (lactones) is 1. The lowest BCUT2D eigenvalue weighted by Crippen LogP contribution is -2.19. The van der Waals surface area contributed by atoms with Crippen molar-refractivity contribution in [1.82, 2.24) is 5.32 Å². The first-order chi connectivity index (χ1) is 9.06. The number of benzene rings is 1. The fraction of sp³-hybridized carbons (Fsp3) is 0.364. The van der Waals surface area contributed by atoms with Crippen molar-refractivity contribution >= 4 is 11.8 Å². The van der Waals surface area contributed by atoms with Gasteiger partial charge in [-0.2, -0.15) is 0 Å². The lowest BCUT2D eigenvalue weighted by atomic mass is 10.0. The van der Waals surface area contributed by atoms with E-state index in [-0.39, 0.29) is 18.0 Å². The van der Waals surface area contributed by atoms with Gasteiger partial charge in [-0.25, -0.2) is 4.79 Å². The number of alkyl carbamates (subject to hydrolysis) is 1. The molecule has 0 spiro atoms. The molecule has 0 bridgehead atoms. The molecule has 0 aliphatic carbocycles. The summed E-state index contributed by atoms with van der Waals surface area (Å²) in [6, 6.07) is 2.16. The van der Waals surface area contributed by atoms with Gasteiger partial charge in [-0.15, -0.1) is 0 Å². The third-order valence-electron chi connectivity index (χ3n) is 2.78. The topological polar surface area (TPSA) is 99.9 Å². The van der Waals surface area contributed by atoms with Crippen molar-refractivity contribution in [3.63, 3.8) is 0 Å². The first-order valence-corrected chi connectivity index (χ1v) is 5.40. The van der Waals surface area contributed by atoms with Crippen LogP contribution in [0.4, 0.5) is 10.5 Å². The minimum absolute atomic E-state index is 0.0369. The Labute approximate surface area is 108 Å². The van der Waals surface area contributed by atoms with Crippen molar-refractivity contribution in [3.05, 3.63) is 27.8 Å². The molecule has 1 saturated heterocycles. The van der Waals surface area contributed by atoms with E-state index in [0.717, 1.165) is 0 Å². The Morgan fingerprint density at radius 1 is 1.37 bits per heavy atom. The number of hydrogen-bond acceptors (Lipinski definition) is 6. The molecule has 2 rings (SSSR count). The van der Waals surface area contributed by atoms with Crippen LogP contribution in [0.2, 0.25) is 0 Å². The van der Waals surface area contributed by atoms with E-state index < -0.39 is 17.1 Å². The van der Waals surface area contributed by atoms with Gasteiger partial charge in [0.2, 0.25) is 0 Å². The van der Waals surface area contributed by atoms with E-state index in [1.54, 1.807) is 0 Å². The van der Waals surface area contributed by atoms with Gasteiger partial charge in [-0.05, 0) is 6.07 Å². The van der Waals surface area contributed by atoms with E-state index in [0.29, 0.717) is 11.3 Å². The summed E-state index contributed by atoms with van der Waals surface area (Å²) >= 11 is 0. The van der Waals surface area contributed by atoms with Crippen LogP contribution in [0, 0.1) is 10.1 Å². The van der Waals surface area contributed by atoms with Crippen LogP contribution in [0.3, 0.4) is 0 Å². The third-order valence-corrected chi connectivity index (χ3v) is 2.78. The van der Waals surface area contributed by atoms with E-state index in [1.165, 1.54) is 26.4 Å². The molecular weight excluding hydrogens is 256 g/mol. The predicted molar refractivity (Wildman–Crippen MR) is 63.4 cm³/mol. The first kappa shape index (κ1) is 12.9. The van der Waals surface area contributed by atoms with Crippen LogP contribution < -0.4 is 14.8 Å². The van der Waals surface area contributed by atoms with Crippen molar-refractivity contribution in [3.8, 4) is 11.5 Å². The van der Waals surface area contributed by atoms with Crippen LogP contribution >= 0.6 is 0 Å². The number of nitro groups is 1. The van der Waals surface area contributed by atoms with Gasteiger partial charge in [-0.1, -0.05) is 0 Å². The highest BCUT2D eigenvalue weighted by atomic mass is 16.6. The van der Waals surface area contributed by atoms with E-state index >= 15 is 0 Å². The molecule has 1 fully saturated rings. The number of nitro benzene ring substituents is 1. The van der Waals surface area contributed by atoms with E-state index in [2.05, 4.69) is 5.32 Å². The van der Waals surface area contributed by atoms with Crippen LogP contribution in [0.25, 0.3) is 0 Å². The molecule has 1 atom stereocenters. The minimum Gasteiger partial charge on any atom is -0.493 e. The average Bonchev–Trinajstić information content (AvgIpc) is 2.83. The van der Waals surface area contributed by atoms with Gasteiger partial charge in [0.1, 0.15) is 6.61 Å². The summed E-state index contributed by atoms with van der Waals surface area (Å²) in [7, 11) is 2.82. The number of hydrogen-bond donors (Lipinski definition) is 1. The monoisotopic (exact) mass is 268 g/mol. The molecule has 1 heterocycles. The van der Waals surface area contributed by atoms with E-state index in [1.807, 2.05) is 0 Å². The van der Waals surface area contributed by atoms with Gasteiger partial charge >= 0.3 is 6.09 Å². The highest BCUT2D eigenvalue weighted by Crippen LogP contribution is 2.38. The second kappa shape index (κ2) is 5.01. The number of ether oxygens (including phenoxy) is 3. The third kappa shape index (κ3) is 2.37. The molecule has 1 amide bonds. The Balaban J connectivity index is 2.50. The summed E-state index contributed by atoms with van der Waals surface area (Å²) in [4.78, 5) is 21.6. The number of rotatable bonds is 4. The molecule has 1 N–H and O–H groups in total. The average molecular weight is 268 g/mol. The predicted octanol–water partition coefficient (Wildman–Crippen LogP) is 1.39. The molecular formula is C11H12N2O6. The number of methoxy groups -OCH3 is 2. The number of carbonyl (C=O) groups excluding carboxylic acids is 1. The van der Waals surface area contributed by atoms with Gasteiger partial charge in [0.05, 0.1) is 36.8 Å². The Hall–Kier alpha value is -2.51. The SMILES string of the molecule is COc1cc([C@H]2COC(=O)N2)c([N+](=O)[O-])cc1OC. The summed E-state index contributed by atoms with van der Waals surface area (Å²) in [5.41, 5.74) is 0.155. The van der Waals surface area contributed by atoms with Crippen LogP contribution in [0.1, 0.15) is 11.6 Å². The maximum absolute atomic E-state index is 11.1. The molecule has 1 aromatic carbocycles.